The largest absolute Gasteiger partial charge is 0.449 e. The average Bonchev–Trinajstić information content (AvgIpc) is 2.92. The second-order valence-electron chi connectivity index (χ2n) is 4.79. The summed E-state index contributed by atoms with van der Waals surface area (Å²) in [6, 6.07) is 5.46. The van der Waals surface area contributed by atoms with E-state index in [0.29, 0.717) is 15.7 Å². The van der Waals surface area contributed by atoms with Crippen molar-refractivity contribution in [1.82, 2.24) is 4.98 Å². The highest BCUT2D eigenvalue weighted by atomic mass is 35.5. The Balaban J connectivity index is 1.98. The number of anilines is 1. The number of carbonyl (C=O) groups excluding carboxylic acids is 1. The number of rotatable bonds is 2. The highest BCUT2D eigenvalue weighted by molar-refractivity contribution is 7.15. The van der Waals surface area contributed by atoms with Crippen LogP contribution < -0.4 is 5.32 Å². The molecule has 3 rings (SSSR count). The third-order valence-electron chi connectivity index (χ3n) is 3.37. The quantitative estimate of drug-likeness (QED) is 0.743. The highest BCUT2D eigenvalue weighted by Crippen LogP contribution is 2.31. The fraction of sp³-hybridized carbons (Fsp3) is 0.200. The van der Waals surface area contributed by atoms with E-state index in [9.17, 15) is 4.79 Å². The summed E-state index contributed by atoms with van der Waals surface area (Å²) in [5.41, 5.74) is 2.22. The van der Waals surface area contributed by atoms with Crippen molar-refractivity contribution >= 4 is 44.9 Å². The van der Waals surface area contributed by atoms with E-state index in [1.54, 1.807) is 6.07 Å². The molecule has 6 heteroatoms. The number of para-hydroxylation sites is 1. The Morgan fingerprint density at radius 2 is 2.10 bits per heavy atom. The number of nitrogens with zero attached hydrogens (tertiary/aromatic N) is 1. The van der Waals surface area contributed by atoms with Crippen LogP contribution in [0.2, 0.25) is 5.02 Å². The molecular formula is C15H13ClN2O2S. The average molecular weight is 321 g/mol. The number of thiazole rings is 1. The van der Waals surface area contributed by atoms with E-state index < -0.39 is 0 Å². The molecule has 2 aromatic heterocycles. The Hall–Kier alpha value is -1.85. The first-order valence-corrected chi connectivity index (χ1v) is 7.60. The number of amides is 1. The number of hydrogen-bond acceptors (Lipinski definition) is 4. The number of aromatic nitrogens is 1. The SMILES string of the molecule is Cc1nc(NC(=O)c2oc3c(Cl)cccc3c2C)sc1C. The fourth-order valence-corrected chi connectivity index (χ4v) is 3.13. The number of carbonyl (C=O) groups is 1. The maximum Gasteiger partial charge on any atom is 0.293 e. The van der Waals surface area contributed by atoms with Crippen LogP contribution in [0.25, 0.3) is 11.0 Å². The van der Waals surface area contributed by atoms with E-state index >= 15 is 0 Å². The molecule has 0 unspecified atom stereocenters. The molecule has 1 aromatic carbocycles. The lowest BCUT2D eigenvalue weighted by Crippen LogP contribution is -2.11. The van der Waals surface area contributed by atoms with Gasteiger partial charge >= 0.3 is 0 Å². The summed E-state index contributed by atoms with van der Waals surface area (Å²) in [6.07, 6.45) is 0. The van der Waals surface area contributed by atoms with Gasteiger partial charge in [0.1, 0.15) is 0 Å². The first-order valence-electron chi connectivity index (χ1n) is 6.40. The maximum atomic E-state index is 12.4. The summed E-state index contributed by atoms with van der Waals surface area (Å²) >= 11 is 7.54. The minimum atomic E-state index is -0.312. The number of hydrogen-bond donors (Lipinski definition) is 1. The predicted octanol–water partition coefficient (Wildman–Crippen LogP) is 4.72. The molecule has 0 bridgehead atoms. The van der Waals surface area contributed by atoms with Crippen molar-refractivity contribution in [1.29, 1.82) is 0 Å². The Bertz CT molecular complexity index is 831. The van der Waals surface area contributed by atoms with Gasteiger partial charge in [0.05, 0.1) is 10.7 Å². The zero-order chi connectivity index (χ0) is 15.1. The number of furan rings is 1. The van der Waals surface area contributed by atoms with Gasteiger partial charge in [-0.25, -0.2) is 4.98 Å². The lowest BCUT2D eigenvalue weighted by atomic mass is 10.1. The number of nitrogens with one attached hydrogen (secondary N) is 1. The Kier molecular flexibility index (Phi) is 3.47. The zero-order valence-electron chi connectivity index (χ0n) is 11.8. The molecule has 1 amide bonds. The Morgan fingerprint density at radius 3 is 2.71 bits per heavy atom. The lowest BCUT2D eigenvalue weighted by molar-refractivity contribution is 0.0998. The van der Waals surface area contributed by atoms with Gasteiger partial charge in [-0.2, -0.15) is 0 Å². The molecule has 108 valence electrons. The van der Waals surface area contributed by atoms with Crippen molar-refractivity contribution in [2.75, 3.05) is 5.32 Å². The van der Waals surface area contributed by atoms with Crippen LogP contribution in [0, 0.1) is 20.8 Å². The standard InChI is InChI=1S/C15H13ClN2O2S/c1-7-10-5-4-6-11(16)13(10)20-12(7)14(19)18-15-17-8(2)9(3)21-15/h4-6H,1-3H3,(H,17,18,19). The topological polar surface area (TPSA) is 55.1 Å². The first kappa shape index (κ1) is 14.1. The maximum absolute atomic E-state index is 12.4. The molecule has 0 radical (unpaired) electrons. The lowest BCUT2D eigenvalue weighted by Gasteiger charge is -1.98. The summed E-state index contributed by atoms with van der Waals surface area (Å²) in [4.78, 5) is 17.7. The van der Waals surface area contributed by atoms with Crippen molar-refractivity contribution in [3.05, 3.63) is 45.1 Å². The van der Waals surface area contributed by atoms with E-state index in [-0.39, 0.29) is 11.7 Å². The Morgan fingerprint density at radius 1 is 1.33 bits per heavy atom. The third-order valence-corrected chi connectivity index (χ3v) is 4.66. The summed E-state index contributed by atoms with van der Waals surface area (Å²) in [5, 5.41) is 4.69. The molecule has 1 N–H and O–H groups in total. The molecule has 0 spiro atoms. The molecule has 3 aromatic rings. The van der Waals surface area contributed by atoms with Crippen molar-refractivity contribution in [3.8, 4) is 0 Å². The van der Waals surface area contributed by atoms with E-state index in [1.807, 2.05) is 32.9 Å². The minimum absolute atomic E-state index is 0.267. The third kappa shape index (κ3) is 2.43. The molecule has 0 aliphatic heterocycles. The zero-order valence-corrected chi connectivity index (χ0v) is 13.4. The van der Waals surface area contributed by atoms with E-state index in [1.165, 1.54) is 11.3 Å². The number of benzene rings is 1. The van der Waals surface area contributed by atoms with Gasteiger partial charge in [-0.05, 0) is 26.8 Å². The van der Waals surface area contributed by atoms with Gasteiger partial charge in [-0.15, -0.1) is 11.3 Å². The van der Waals surface area contributed by atoms with Crippen LogP contribution in [0.5, 0.6) is 0 Å². The van der Waals surface area contributed by atoms with Crippen molar-refractivity contribution in [2.45, 2.75) is 20.8 Å². The molecule has 0 saturated heterocycles. The van der Waals surface area contributed by atoms with Gasteiger partial charge in [0.25, 0.3) is 5.91 Å². The minimum Gasteiger partial charge on any atom is -0.449 e. The normalized spacial score (nSPS) is 11.0. The van der Waals surface area contributed by atoms with Crippen LogP contribution >= 0.6 is 22.9 Å². The van der Waals surface area contributed by atoms with Gasteiger partial charge < -0.3 is 4.42 Å². The second kappa shape index (κ2) is 5.16. The summed E-state index contributed by atoms with van der Waals surface area (Å²) in [6.45, 7) is 5.72. The van der Waals surface area contributed by atoms with Crippen molar-refractivity contribution < 1.29 is 9.21 Å². The van der Waals surface area contributed by atoms with Crippen molar-refractivity contribution in [3.63, 3.8) is 0 Å². The molecule has 0 aliphatic rings. The molecule has 2 heterocycles. The number of aryl methyl sites for hydroxylation is 3. The van der Waals surface area contributed by atoms with Crippen LogP contribution in [0.1, 0.15) is 26.7 Å². The van der Waals surface area contributed by atoms with E-state index in [2.05, 4.69) is 10.3 Å². The monoisotopic (exact) mass is 320 g/mol. The molecular weight excluding hydrogens is 308 g/mol. The molecule has 0 fully saturated rings. The smallest absolute Gasteiger partial charge is 0.293 e. The van der Waals surface area contributed by atoms with E-state index in [0.717, 1.165) is 21.5 Å². The highest BCUT2D eigenvalue weighted by Gasteiger charge is 2.20. The number of fused-ring (bicyclic) bond motifs is 1. The van der Waals surface area contributed by atoms with Crippen LogP contribution in [0.4, 0.5) is 5.13 Å². The van der Waals surface area contributed by atoms with Gasteiger partial charge in [0.2, 0.25) is 0 Å². The molecule has 4 nitrogen and oxygen atoms in total. The van der Waals surface area contributed by atoms with E-state index in [4.69, 9.17) is 16.0 Å². The summed E-state index contributed by atoms with van der Waals surface area (Å²) in [7, 11) is 0. The van der Waals surface area contributed by atoms with Crippen molar-refractivity contribution in [2.24, 2.45) is 0 Å². The molecule has 0 aliphatic carbocycles. The van der Waals surface area contributed by atoms with Gasteiger partial charge in [-0.3, -0.25) is 10.1 Å². The predicted molar refractivity (Wildman–Crippen MR) is 85.5 cm³/mol. The summed E-state index contributed by atoms with van der Waals surface area (Å²) in [5.74, 6) is -0.0443. The molecule has 0 atom stereocenters. The van der Waals surface area contributed by atoms with Crippen LogP contribution in [0.15, 0.2) is 22.6 Å². The number of halogens is 1. The molecule has 0 saturated carbocycles. The fourth-order valence-electron chi connectivity index (χ4n) is 2.11. The first-order chi connectivity index (χ1) is 9.97. The molecule has 21 heavy (non-hydrogen) atoms. The Labute approximate surface area is 130 Å². The second-order valence-corrected chi connectivity index (χ2v) is 6.40. The van der Waals surface area contributed by atoms with Crippen LogP contribution in [-0.2, 0) is 0 Å². The van der Waals surface area contributed by atoms with Gasteiger partial charge in [0, 0.05) is 15.8 Å². The van der Waals surface area contributed by atoms with Gasteiger partial charge in [-0.1, -0.05) is 23.7 Å². The van der Waals surface area contributed by atoms with Crippen LogP contribution in [-0.4, -0.2) is 10.9 Å². The van der Waals surface area contributed by atoms with Gasteiger partial charge in [0.15, 0.2) is 16.5 Å². The summed E-state index contributed by atoms with van der Waals surface area (Å²) < 4.78 is 5.63. The van der Waals surface area contributed by atoms with Crippen LogP contribution in [0.3, 0.4) is 0 Å².